The number of amides is 2. The van der Waals surface area contributed by atoms with Gasteiger partial charge in [-0.15, -0.1) is 11.3 Å². The Balaban J connectivity index is 1.69. The van der Waals surface area contributed by atoms with Crippen LogP contribution >= 0.6 is 11.3 Å². The summed E-state index contributed by atoms with van der Waals surface area (Å²) < 4.78 is 0. The minimum absolute atomic E-state index is 0.163. The Bertz CT molecular complexity index is 810. The predicted octanol–water partition coefficient (Wildman–Crippen LogP) is 1.76. The normalized spacial score (nSPS) is 11.6. The van der Waals surface area contributed by atoms with Crippen LogP contribution in [-0.4, -0.2) is 40.5 Å². The van der Waals surface area contributed by atoms with Crippen molar-refractivity contribution in [1.29, 1.82) is 0 Å². The van der Waals surface area contributed by atoms with E-state index >= 15 is 0 Å². The predicted molar refractivity (Wildman–Crippen MR) is 111 cm³/mol. The number of rotatable bonds is 12. The zero-order valence-corrected chi connectivity index (χ0v) is 16.9. The fourth-order valence-electron chi connectivity index (χ4n) is 2.84. The molecule has 8 nitrogen and oxygen atoms in total. The number of hydrogen-bond donors (Lipinski definition) is 4. The van der Waals surface area contributed by atoms with Crippen LogP contribution < -0.4 is 16.4 Å². The van der Waals surface area contributed by atoms with Crippen LogP contribution in [0.25, 0.3) is 0 Å². The molecule has 0 radical (unpaired) electrons. The highest BCUT2D eigenvalue weighted by molar-refractivity contribution is 7.13. The number of aliphatic carboxylic acids is 1. The number of nitrogen functional groups attached to an aromatic ring is 1. The number of hydrogen-bond acceptors (Lipinski definition) is 6. The Kier molecular flexibility index (Phi) is 9.10. The standard InChI is InChI=1S/C20H26N4O4S/c21-20-24-16(13-29-20)7-4-8-17(25)22-12-18(26)23-15(11-19(27)28)10-9-14-5-2-1-3-6-14/h1-3,5-6,13,15H,4,7-12H2,(H2,21,24)(H,22,25)(H,23,26)(H,27,28)/t15-/m1/s1. The van der Waals surface area contributed by atoms with Gasteiger partial charge in [-0.3, -0.25) is 14.4 Å². The summed E-state index contributed by atoms with van der Waals surface area (Å²) in [6.45, 7) is -0.177. The molecule has 5 N–H and O–H groups in total. The third kappa shape index (κ3) is 9.20. The maximum Gasteiger partial charge on any atom is 0.305 e. The van der Waals surface area contributed by atoms with Crippen LogP contribution in [-0.2, 0) is 27.2 Å². The lowest BCUT2D eigenvalue weighted by Gasteiger charge is -2.17. The van der Waals surface area contributed by atoms with Gasteiger partial charge in [-0.1, -0.05) is 30.3 Å². The van der Waals surface area contributed by atoms with Gasteiger partial charge >= 0.3 is 5.97 Å². The number of carboxylic acids is 1. The number of carbonyl (C=O) groups is 3. The van der Waals surface area contributed by atoms with E-state index in [9.17, 15) is 14.4 Å². The first-order valence-corrected chi connectivity index (χ1v) is 10.3. The van der Waals surface area contributed by atoms with Crippen molar-refractivity contribution in [1.82, 2.24) is 15.6 Å². The number of thiazole rings is 1. The molecule has 0 unspecified atom stereocenters. The van der Waals surface area contributed by atoms with Gasteiger partial charge in [-0.05, 0) is 31.2 Å². The van der Waals surface area contributed by atoms with Gasteiger partial charge in [-0.2, -0.15) is 0 Å². The van der Waals surface area contributed by atoms with Crippen LogP contribution in [0, 0.1) is 0 Å². The van der Waals surface area contributed by atoms with Crippen LogP contribution in [0.1, 0.15) is 36.9 Å². The molecule has 0 saturated heterocycles. The first kappa shape index (κ1) is 22.4. The van der Waals surface area contributed by atoms with Crippen molar-refractivity contribution in [2.45, 2.75) is 44.6 Å². The summed E-state index contributed by atoms with van der Waals surface area (Å²) in [6, 6.07) is 9.17. The minimum atomic E-state index is -0.977. The molecule has 0 saturated carbocycles. The minimum Gasteiger partial charge on any atom is -0.481 e. The first-order chi connectivity index (χ1) is 13.9. The smallest absolute Gasteiger partial charge is 0.305 e. The average molecular weight is 419 g/mol. The van der Waals surface area contributed by atoms with Gasteiger partial charge in [0.1, 0.15) is 0 Å². The summed E-state index contributed by atoms with van der Waals surface area (Å²) in [5.74, 6) is -1.61. The number of carboxylic acid groups (broad SMARTS) is 1. The Morgan fingerprint density at radius 1 is 1.14 bits per heavy atom. The summed E-state index contributed by atoms with van der Waals surface area (Å²) in [5, 5.41) is 16.7. The third-order valence-corrected chi connectivity index (χ3v) is 4.99. The van der Waals surface area contributed by atoms with Crippen LogP contribution in [0.5, 0.6) is 0 Å². The van der Waals surface area contributed by atoms with Gasteiger partial charge in [0.15, 0.2) is 5.13 Å². The number of benzene rings is 1. The Morgan fingerprint density at radius 3 is 2.55 bits per heavy atom. The van der Waals surface area contributed by atoms with Gasteiger partial charge in [0, 0.05) is 17.8 Å². The Hall–Kier alpha value is -2.94. The number of nitrogens with zero attached hydrogens (tertiary/aromatic N) is 1. The van der Waals surface area contributed by atoms with Crippen LogP contribution in [0.15, 0.2) is 35.7 Å². The average Bonchev–Trinajstić information content (AvgIpc) is 3.10. The summed E-state index contributed by atoms with van der Waals surface area (Å²) in [4.78, 5) is 39.2. The highest BCUT2D eigenvalue weighted by Gasteiger charge is 2.16. The van der Waals surface area contributed by atoms with Gasteiger partial charge in [0.2, 0.25) is 11.8 Å². The van der Waals surface area contributed by atoms with E-state index in [1.54, 1.807) is 0 Å². The molecule has 2 rings (SSSR count). The second-order valence-corrected chi connectivity index (χ2v) is 7.58. The molecule has 1 heterocycles. The molecule has 1 aromatic carbocycles. The maximum atomic E-state index is 12.1. The lowest BCUT2D eigenvalue weighted by Crippen LogP contribution is -2.43. The second-order valence-electron chi connectivity index (χ2n) is 6.69. The molecule has 2 amide bonds. The van der Waals surface area contributed by atoms with E-state index in [0.717, 1.165) is 11.3 Å². The molecular weight excluding hydrogens is 392 g/mol. The number of aryl methyl sites for hydroxylation is 2. The summed E-state index contributed by atoms with van der Waals surface area (Å²) in [5.41, 5.74) is 7.49. The molecule has 0 aliphatic rings. The van der Waals surface area contributed by atoms with Crippen molar-refractivity contribution in [3.05, 3.63) is 47.0 Å². The van der Waals surface area contributed by atoms with Crippen LogP contribution in [0.2, 0.25) is 0 Å². The molecule has 1 atom stereocenters. The van der Waals surface area contributed by atoms with E-state index in [-0.39, 0.29) is 25.3 Å². The third-order valence-electron chi connectivity index (χ3n) is 4.26. The number of nitrogens with one attached hydrogen (secondary N) is 2. The van der Waals surface area contributed by atoms with Gasteiger partial charge in [0.25, 0.3) is 0 Å². The molecule has 2 aromatic rings. The quantitative estimate of drug-likeness (QED) is 0.415. The molecule has 0 aliphatic carbocycles. The molecule has 1 aromatic heterocycles. The zero-order valence-electron chi connectivity index (χ0n) is 16.1. The van der Waals surface area contributed by atoms with Crippen molar-refractivity contribution in [3.8, 4) is 0 Å². The van der Waals surface area contributed by atoms with Crippen molar-refractivity contribution < 1.29 is 19.5 Å². The fourth-order valence-corrected chi connectivity index (χ4v) is 3.43. The highest BCUT2D eigenvalue weighted by Crippen LogP contribution is 2.13. The number of carbonyl (C=O) groups excluding carboxylic acids is 2. The summed E-state index contributed by atoms with van der Waals surface area (Å²) in [7, 11) is 0. The van der Waals surface area contributed by atoms with Crippen molar-refractivity contribution in [2.75, 3.05) is 12.3 Å². The van der Waals surface area contributed by atoms with E-state index in [0.29, 0.717) is 30.8 Å². The Labute approximate surface area is 173 Å². The van der Waals surface area contributed by atoms with E-state index < -0.39 is 17.9 Å². The van der Waals surface area contributed by atoms with Crippen LogP contribution in [0.4, 0.5) is 5.13 Å². The van der Waals surface area contributed by atoms with E-state index in [2.05, 4.69) is 15.6 Å². The van der Waals surface area contributed by atoms with Crippen molar-refractivity contribution in [2.24, 2.45) is 0 Å². The molecule has 29 heavy (non-hydrogen) atoms. The molecule has 156 valence electrons. The fraction of sp³-hybridized carbons (Fsp3) is 0.400. The van der Waals surface area contributed by atoms with Crippen molar-refractivity contribution in [3.63, 3.8) is 0 Å². The molecule has 0 spiro atoms. The van der Waals surface area contributed by atoms with Gasteiger partial charge in [-0.25, -0.2) is 4.98 Å². The number of nitrogens with two attached hydrogens (primary N) is 1. The molecule has 0 bridgehead atoms. The first-order valence-electron chi connectivity index (χ1n) is 9.44. The zero-order chi connectivity index (χ0) is 21.1. The second kappa shape index (κ2) is 11.8. The monoisotopic (exact) mass is 418 g/mol. The molecule has 0 aliphatic heterocycles. The van der Waals surface area contributed by atoms with E-state index in [4.69, 9.17) is 10.8 Å². The lowest BCUT2D eigenvalue weighted by atomic mass is 10.0. The highest BCUT2D eigenvalue weighted by atomic mass is 32.1. The van der Waals surface area contributed by atoms with Gasteiger partial charge < -0.3 is 21.5 Å². The molecular formula is C20H26N4O4S. The van der Waals surface area contributed by atoms with E-state index in [1.165, 1.54) is 11.3 Å². The summed E-state index contributed by atoms with van der Waals surface area (Å²) in [6.07, 6.45) is 2.53. The number of aromatic nitrogens is 1. The maximum absolute atomic E-state index is 12.1. The molecule has 0 fully saturated rings. The van der Waals surface area contributed by atoms with Crippen LogP contribution in [0.3, 0.4) is 0 Å². The largest absolute Gasteiger partial charge is 0.481 e. The lowest BCUT2D eigenvalue weighted by molar-refractivity contribution is -0.138. The SMILES string of the molecule is Nc1nc(CCCC(=O)NCC(=O)N[C@H](CCc2ccccc2)CC(=O)O)cs1. The van der Waals surface area contributed by atoms with Crippen molar-refractivity contribution >= 4 is 34.3 Å². The topological polar surface area (TPSA) is 134 Å². The summed E-state index contributed by atoms with van der Waals surface area (Å²) >= 11 is 1.36. The molecule has 9 heteroatoms. The number of anilines is 1. The van der Waals surface area contributed by atoms with Gasteiger partial charge in [0.05, 0.1) is 18.7 Å². The van der Waals surface area contributed by atoms with E-state index in [1.807, 2.05) is 35.7 Å². The Morgan fingerprint density at radius 2 is 1.90 bits per heavy atom.